The number of benzene rings is 2. The highest BCUT2D eigenvalue weighted by Gasteiger charge is 2.10. The van der Waals surface area contributed by atoms with Crippen molar-refractivity contribution in [3.8, 4) is 0 Å². The van der Waals surface area contributed by atoms with E-state index >= 15 is 0 Å². The minimum Gasteiger partial charge on any atom is -0.478 e. The largest absolute Gasteiger partial charge is 0.478 e. The van der Waals surface area contributed by atoms with E-state index in [1.54, 1.807) is 30.3 Å². The molecule has 0 unspecified atom stereocenters. The van der Waals surface area contributed by atoms with Crippen molar-refractivity contribution in [2.45, 2.75) is 9.73 Å². The summed E-state index contributed by atoms with van der Waals surface area (Å²) in [6.07, 6.45) is 0. The molecule has 0 spiro atoms. The first kappa shape index (κ1) is 18.4. The van der Waals surface area contributed by atoms with Gasteiger partial charge >= 0.3 is 5.97 Å². The summed E-state index contributed by atoms with van der Waals surface area (Å²) in [6, 6.07) is 13.6. The maximum absolute atomic E-state index is 10.6. The normalized spacial score (nSPS) is 10.7. The van der Waals surface area contributed by atoms with E-state index in [9.17, 15) is 13.2 Å². The average molecular weight is 363 g/mol. The second-order valence-electron chi connectivity index (χ2n) is 4.02. The summed E-state index contributed by atoms with van der Waals surface area (Å²) in [7, 11) is -4.13. The second-order valence-corrected chi connectivity index (χ2v) is 6.53. The molecular formula is C14H12Cl2O5S. The van der Waals surface area contributed by atoms with Gasteiger partial charge < -0.3 is 5.11 Å². The Morgan fingerprint density at radius 1 is 0.955 bits per heavy atom. The fourth-order valence-electron chi connectivity index (χ4n) is 1.37. The Balaban J connectivity index is 0.000000235. The number of carbonyl (C=O) groups is 1. The van der Waals surface area contributed by atoms with E-state index in [4.69, 9.17) is 32.9 Å². The lowest BCUT2D eigenvalue weighted by atomic mass is 10.2. The Hall–Kier alpha value is -1.60. The topological polar surface area (TPSA) is 91.7 Å². The highest BCUT2D eigenvalue weighted by molar-refractivity contribution is 7.85. The molecule has 2 aromatic rings. The summed E-state index contributed by atoms with van der Waals surface area (Å²) < 4.78 is 29.8. The van der Waals surface area contributed by atoms with Gasteiger partial charge in [-0.05, 0) is 29.8 Å². The predicted molar refractivity (Wildman–Crippen MR) is 84.1 cm³/mol. The summed E-state index contributed by atoms with van der Waals surface area (Å²) in [4.78, 5) is 9.33. The summed E-state index contributed by atoms with van der Waals surface area (Å²) in [5.74, 6) is -0.879. The molecule has 0 atom stereocenters. The van der Waals surface area contributed by atoms with Crippen molar-refractivity contribution in [1.82, 2.24) is 0 Å². The first-order chi connectivity index (χ1) is 10.2. The average Bonchev–Trinajstić information content (AvgIpc) is 2.48. The summed E-state index contributed by atoms with van der Waals surface area (Å²) in [5, 5.41) is 8.38. The number of alkyl halides is 2. The smallest absolute Gasteiger partial charge is 0.335 e. The van der Waals surface area contributed by atoms with Crippen LogP contribution in [0.5, 0.6) is 0 Å². The summed E-state index contributed by atoms with van der Waals surface area (Å²) >= 11 is 11.0. The van der Waals surface area contributed by atoms with Crippen molar-refractivity contribution in [1.29, 1.82) is 0 Å². The molecule has 0 fully saturated rings. The number of carboxylic acid groups (broad SMARTS) is 1. The Labute approximate surface area is 137 Å². The number of aromatic carboxylic acids is 1. The van der Waals surface area contributed by atoms with Gasteiger partial charge in [0.2, 0.25) is 0 Å². The van der Waals surface area contributed by atoms with Crippen LogP contribution in [-0.4, -0.2) is 24.0 Å². The SMILES string of the molecule is O=C(O)c1ccccc1.O=S(=O)(O)c1ccc(C(Cl)Cl)cc1. The van der Waals surface area contributed by atoms with Gasteiger partial charge in [-0.15, -0.1) is 23.2 Å². The van der Waals surface area contributed by atoms with E-state index in [0.717, 1.165) is 0 Å². The number of halogens is 2. The van der Waals surface area contributed by atoms with Crippen molar-refractivity contribution in [3.05, 3.63) is 65.7 Å². The zero-order chi connectivity index (χ0) is 16.8. The van der Waals surface area contributed by atoms with E-state index in [1.165, 1.54) is 24.3 Å². The molecule has 0 aliphatic heterocycles. The zero-order valence-electron chi connectivity index (χ0n) is 11.1. The Bertz CT molecular complexity index is 713. The van der Waals surface area contributed by atoms with Crippen molar-refractivity contribution in [3.63, 3.8) is 0 Å². The number of rotatable bonds is 3. The van der Waals surface area contributed by atoms with Crippen molar-refractivity contribution >= 4 is 39.3 Å². The molecule has 0 radical (unpaired) electrons. The van der Waals surface area contributed by atoms with Gasteiger partial charge in [0.15, 0.2) is 0 Å². The van der Waals surface area contributed by atoms with Gasteiger partial charge in [-0.2, -0.15) is 8.42 Å². The van der Waals surface area contributed by atoms with E-state index in [1.807, 2.05) is 0 Å². The lowest BCUT2D eigenvalue weighted by molar-refractivity contribution is 0.0697. The molecule has 2 aromatic carbocycles. The minimum absolute atomic E-state index is 0.176. The first-order valence-corrected chi connectivity index (χ1v) is 8.17. The highest BCUT2D eigenvalue weighted by Crippen LogP contribution is 2.25. The van der Waals surface area contributed by atoms with Gasteiger partial charge in [-0.1, -0.05) is 30.3 Å². The van der Waals surface area contributed by atoms with Gasteiger partial charge in [0.1, 0.15) is 4.84 Å². The lowest BCUT2D eigenvalue weighted by Gasteiger charge is -2.01. The molecule has 0 amide bonds. The third-order valence-electron chi connectivity index (χ3n) is 2.45. The Morgan fingerprint density at radius 2 is 1.45 bits per heavy atom. The molecule has 8 heteroatoms. The predicted octanol–water partition coefficient (Wildman–Crippen LogP) is 3.79. The molecule has 0 aromatic heterocycles. The molecule has 0 heterocycles. The molecule has 0 saturated heterocycles. The van der Waals surface area contributed by atoms with E-state index in [-0.39, 0.29) is 4.90 Å². The zero-order valence-corrected chi connectivity index (χ0v) is 13.4. The summed E-state index contributed by atoms with van der Waals surface area (Å²) in [6.45, 7) is 0. The third kappa shape index (κ3) is 6.03. The monoisotopic (exact) mass is 362 g/mol. The van der Waals surface area contributed by atoms with E-state index in [0.29, 0.717) is 11.1 Å². The van der Waals surface area contributed by atoms with Crippen LogP contribution < -0.4 is 0 Å². The van der Waals surface area contributed by atoms with Gasteiger partial charge in [0.05, 0.1) is 10.5 Å². The number of hydrogen-bond donors (Lipinski definition) is 2. The first-order valence-electron chi connectivity index (χ1n) is 5.85. The van der Waals surface area contributed by atoms with Crippen LogP contribution in [0.1, 0.15) is 20.8 Å². The molecule has 0 bridgehead atoms. The standard InChI is InChI=1S/C7H6Cl2O3S.C7H6O2/c8-7(9)5-1-3-6(4-2-5)13(10,11)12;8-7(9)6-4-2-1-3-5-6/h1-4,7H,(H,10,11,12);1-5H,(H,8,9). The van der Waals surface area contributed by atoms with Crippen LogP contribution >= 0.6 is 23.2 Å². The van der Waals surface area contributed by atoms with Crippen LogP contribution in [0.15, 0.2) is 59.5 Å². The molecule has 2 rings (SSSR count). The van der Waals surface area contributed by atoms with Crippen LogP contribution in [0.25, 0.3) is 0 Å². The van der Waals surface area contributed by atoms with Crippen LogP contribution in [-0.2, 0) is 10.1 Å². The molecular weight excluding hydrogens is 351 g/mol. The Morgan fingerprint density at radius 3 is 1.77 bits per heavy atom. The lowest BCUT2D eigenvalue weighted by Crippen LogP contribution is -1.97. The molecule has 2 N–H and O–H groups in total. The second kappa shape index (κ2) is 8.14. The van der Waals surface area contributed by atoms with Crippen molar-refractivity contribution < 1.29 is 22.9 Å². The highest BCUT2D eigenvalue weighted by atomic mass is 35.5. The fourth-order valence-corrected chi connectivity index (χ4v) is 2.14. The van der Waals surface area contributed by atoms with Gasteiger partial charge in [0, 0.05) is 0 Å². The van der Waals surface area contributed by atoms with Crippen LogP contribution in [0.3, 0.4) is 0 Å². The molecule has 0 aliphatic rings. The van der Waals surface area contributed by atoms with E-state index in [2.05, 4.69) is 0 Å². The van der Waals surface area contributed by atoms with Gasteiger partial charge in [0.25, 0.3) is 10.1 Å². The van der Waals surface area contributed by atoms with Crippen molar-refractivity contribution in [2.75, 3.05) is 0 Å². The van der Waals surface area contributed by atoms with Crippen LogP contribution in [0, 0.1) is 0 Å². The minimum atomic E-state index is -4.13. The summed E-state index contributed by atoms with van der Waals surface area (Å²) in [5.41, 5.74) is 0.910. The number of carboxylic acids is 1. The molecule has 22 heavy (non-hydrogen) atoms. The molecule has 5 nitrogen and oxygen atoms in total. The molecule has 0 saturated carbocycles. The van der Waals surface area contributed by atoms with Crippen molar-refractivity contribution in [2.24, 2.45) is 0 Å². The van der Waals surface area contributed by atoms with Gasteiger partial charge in [-0.25, -0.2) is 4.79 Å². The maximum Gasteiger partial charge on any atom is 0.335 e. The van der Waals surface area contributed by atoms with Gasteiger partial charge in [-0.3, -0.25) is 4.55 Å². The van der Waals surface area contributed by atoms with Crippen LogP contribution in [0.2, 0.25) is 0 Å². The maximum atomic E-state index is 10.6. The Kier molecular flexibility index (Phi) is 6.83. The van der Waals surface area contributed by atoms with Crippen LogP contribution in [0.4, 0.5) is 0 Å². The molecule has 0 aliphatic carbocycles. The molecule has 118 valence electrons. The third-order valence-corrected chi connectivity index (χ3v) is 3.82. The van der Waals surface area contributed by atoms with E-state index < -0.39 is 20.9 Å². The number of hydrogen-bond acceptors (Lipinski definition) is 3. The quantitative estimate of drug-likeness (QED) is 0.639. The fraction of sp³-hybridized carbons (Fsp3) is 0.0714.